The highest BCUT2D eigenvalue weighted by Crippen LogP contribution is 2.46. The second-order valence-electron chi connectivity index (χ2n) is 6.92. The summed E-state index contributed by atoms with van der Waals surface area (Å²) < 4.78 is 27.6. The van der Waals surface area contributed by atoms with Crippen molar-refractivity contribution >= 4 is 27.6 Å². The molecule has 2 unspecified atom stereocenters. The summed E-state index contributed by atoms with van der Waals surface area (Å²) in [4.78, 5) is 19.8. The third-order valence-corrected chi connectivity index (χ3v) is 5.31. The summed E-state index contributed by atoms with van der Waals surface area (Å²) >= 11 is 0. The summed E-state index contributed by atoms with van der Waals surface area (Å²) in [6.45, 7) is 1.83. The minimum Gasteiger partial charge on any atom is -0.394 e. The molecule has 3 heterocycles. The number of nitrogens with one attached hydrogen (secondary N) is 2. The highest BCUT2D eigenvalue weighted by Gasteiger charge is 2.40. The number of benzene rings is 1. The molecule has 0 amide bonds. The first-order valence-electron chi connectivity index (χ1n) is 8.54. The summed E-state index contributed by atoms with van der Waals surface area (Å²) in [6.07, 6.45) is 2.72. The molecule has 136 valence electrons. The van der Waals surface area contributed by atoms with E-state index in [0.29, 0.717) is 34.0 Å². The maximum atomic E-state index is 14.0. The minimum atomic E-state index is -0.870. The zero-order valence-corrected chi connectivity index (χ0v) is 14.3. The molecule has 0 bridgehead atoms. The van der Waals surface area contributed by atoms with E-state index in [4.69, 9.17) is 5.73 Å². The number of nitrogens with zero attached hydrogens (tertiary/aromatic N) is 2. The lowest BCUT2D eigenvalue weighted by Crippen LogP contribution is -2.15. The maximum absolute atomic E-state index is 14.0. The number of nitrogens with two attached hydrogens (primary N) is 1. The predicted molar refractivity (Wildman–Crippen MR) is 98.8 cm³/mol. The molecule has 4 N–H and O–H groups in total. The number of fused-ring (bicyclic) bond motifs is 2. The highest BCUT2D eigenvalue weighted by molar-refractivity contribution is 6.06. The van der Waals surface area contributed by atoms with E-state index in [2.05, 4.69) is 20.2 Å². The third kappa shape index (κ3) is 2.19. The molecule has 0 radical (unpaired) electrons. The van der Waals surface area contributed by atoms with E-state index in [1.807, 2.05) is 6.92 Å². The molecule has 0 aliphatic heterocycles. The number of halogens is 2. The summed E-state index contributed by atoms with van der Waals surface area (Å²) in [6, 6.07) is 2.85. The van der Waals surface area contributed by atoms with Gasteiger partial charge in [0.1, 0.15) is 23.2 Å². The molecular weight excluding hydrogens is 352 g/mol. The number of aromatic nitrogens is 4. The van der Waals surface area contributed by atoms with Gasteiger partial charge in [0.15, 0.2) is 0 Å². The number of hydrogen-bond donors (Lipinski definition) is 3. The number of alkyl halides is 1. The molecule has 1 aromatic carbocycles. The Kier molecular flexibility index (Phi) is 3.16. The van der Waals surface area contributed by atoms with Crippen LogP contribution >= 0.6 is 0 Å². The van der Waals surface area contributed by atoms with Crippen LogP contribution in [0.5, 0.6) is 0 Å². The van der Waals surface area contributed by atoms with Crippen molar-refractivity contribution in [3.05, 3.63) is 51.8 Å². The lowest BCUT2D eigenvalue weighted by atomic mass is 9.97. The maximum Gasteiger partial charge on any atom is 0.272 e. The monoisotopic (exact) mass is 367 g/mol. The lowest BCUT2D eigenvalue weighted by molar-refractivity contribution is 0.468. The minimum absolute atomic E-state index is 0.00829. The molecule has 1 aliphatic carbocycles. The Balaban J connectivity index is 1.88. The molecule has 0 saturated heterocycles. The molecule has 27 heavy (non-hydrogen) atoms. The number of anilines is 1. The largest absolute Gasteiger partial charge is 0.394 e. The van der Waals surface area contributed by atoms with Crippen LogP contribution in [0.2, 0.25) is 0 Å². The van der Waals surface area contributed by atoms with Gasteiger partial charge in [0, 0.05) is 23.1 Å². The van der Waals surface area contributed by atoms with E-state index in [1.54, 1.807) is 12.3 Å². The standard InChI is InChI=1S/C19H15F2N5O/c1-7-10(9-4-13(9)21)5-23-18-14(15(22)19(27)25-16(7)18)8-2-3-12(20)17-11(8)6-24-26-17/h2-3,5-6,9,13H,4,22H2,1H3,(H,24,26)(H,25,27). The van der Waals surface area contributed by atoms with Gasteiger partial charge in [-0.25, -0.2) is 8.78 Å². The number of rotatable bonds is 2. The third-order valence-electron chi connectivity index (χ3n) is 5.31. The first-order valence-corrected chi connectivity index (χ1v) is 8.54. The number of hydrogen-bond acceptors (Lipinski definition) is 4. The van der Waals surface area contributed by atoms with Crippen molar-refractivity contribution in [2.45, 2.75) is 25.4 Å². The van der Waals surface area contributed by atoms with E-state index in [0.717, 1.165) is 11.1 Å². The highest BCUT2D eigenvalue weighted by atomic mass is 19.1. The first kappa shape index (κ1) is 15.9. The predicted octanol–water partition coefficient (Wildman–Crippen LogP) is 3.32. The molecule has 1 aliphatic rings. The number of aromatic amines is 2. The number of nitrogen functional groups attached to an aromatic ring is 1. The Hall–Kier alpha value is -3.29. The normalized spacial score (nSPS) is 19.1. The Morgan fingerprint density at radius 1 is 1.26 bits per heavy atom. The van der Waals surface area contributed by atoms with Gasteiger partial charge in [-0.2, -0.15) is 5.10 Å². The van der Waals surface area contributed by atoms with E-state index < -0.39 is 17.5 Å². The van der Waals surface area contributed by atoms with E-state index >= 15 is 0 Å². The fraction of sp³-hybridized carbons (Fsp3) is 0.211. The van der Waals surface area contributed by atoms with Crippen molar-refractivity contribution in [2.75, 3.05) is 5.73 Å². The average Bonchev–Trinajstić information content (AvgIpc) is 3.16. The Morgan fingerprint density at radius 2 is 2.04 bits per heavy atom. The fourth-order valence-corrected chi connectivity index (χ4v) is 3.73. The van der Waals surface area contributed by atoms with Gasteiger partial charge in [0.25, 0.3) is 5.56 Å². The fourth-order valence-electron chi connectivity index (χ4n) is 3.73. The Morgan fingerprint density at radius 3 is 2.78 bits per heavy atom. The van der Waals surface area contributed by atoms with Crippen LogP contribution in [0.4, 0.5) is 14.5 Å². The Labute approximate surface area is 151 Å². The molecule has 1 fully saturated rings. The van der Waals surface area contributed by atoms with E-state index in [9.17, 15) is 13.6 Å². The van der Waals surface area contributed by atoms with Crippen molar-refractivity contribution < 1.29 is 8.78 Å². The van der Waals surface area contributed by atoms with Crippen LogP contribution in [-0.2, 0) is 0 Å². The number of aryl methyl sites for hydroxylation is 1. The second kappa shape index (κ2) is 5.35. The van der Waals surface area contributed by atoms with Crippen LogP contribution in [-0.4, -0.2) is 26.3 Å². The molecule has 8 heteroatoms. The van der Waals surface area contributed by atoms with Gasteiger partial charge >= 0.3 is 0 Å². The summed E-state index contributed by atoms with van der Waals surface area (Å²) in [5.41, 5.74) is 9.38. The summed E-state index contributed by atoms with van der Waals surface area (Å²) in [5.74, 6) is -0.633. The Bertz CT molecular complexity index is 1290. The smallest absolute Gasteiger partial charge is 0.272 e. The van der Waals surface area contributed by atoms with Crippen LogP contribution in [0, 0.1) is 12.7 Å². The van der Waals surface area contributed by atoms with Crippen LogP contribution in [0.1, 0.15) is 23.5 Å². The SMILES string of the molecule is Cc1c(C2CC2F)cnc2c(-c3ccc(F)c4[nH]ncc34)c(N)c(=O)[nH]c12. The summed E-state index contributed by atoms with van der Waals surface area (Å²) in [5, 5.41) is 7.02. The lowest BCUT2D eigenvalue weighted by Gasteiger charge is -2.14. The van der Waals surface area contributed by atoms with Gasteiger partial charge in [-0.05, 0) is 36.1 Å². The van der Waals surface area contributed by atoms with Crippen LogP contribution < -0.4 is 11.3 Å². The van der Waals surface area contributed by atoms with E-state index in [-0.39, 0.29) is 17.1 Å². The molecule has 5 rings (SSSR count). The number of H-pyrrole nitrogens is 2. The molecule has 1 saturated carbocycles. The zero-order valence-electron chi connectivity index (χ0n) is 14.3. The van der Waals surface area contributed by atoms with Crippen LogP contribution in [0.3, 0.4) is 0 Å². The molecule has 3 aromatic heterocycles. The van der Waals surface area contributed by atoms with Gasteiger partial charge in [-0.1, -0.05) is 6.07 Å². The van der Waals surface area contributed by atoms with Crippen molar-refractivity contribution in [3.8, 4) is 11.1 Å². The molecule has 0 spiro atoms. The zero-order chi connectivity index (χ0) is 18.9. The topological polar surface area (TPSA) is 100 Å². The van der Waals surface area contributed by atoms with Gasteiger partial charge < -0.3 is 10.7 Å². The van der Waals surface area contributed by atoms with Gasteiger partial charge in [-0.15, -0.1) is 0 Å². The number of pyridine rings is 2. The molecule has 4 aromatic rings. The van der Waals surface area contributed by atoms with Gasteiger partial charge in [-0.3, -0.25) is 14.9 Å². The van der Waals surface area contributed by atoms with Gasteiger partial charge in [0.05, 0.1) is 17.2 Å². The molecular formula is C19H15F2N5O. The summed E-state index contributed by atoms with van der Waals surface area (Å²) in [7, 11) is 0. The first-order chi connectivity index (χ1) is 13.0. The average molecular weight is 367 g/mol. The molecule has 6 nitrogen and oxygen atoms in total. The van der Waals surface area contributed by atoms with Crippen LogP contribution in [0.15, 0.2) is 29.3 Å². The van der Waals surface area contributed by atoms with Crippen molar-refractivity contribution in [1.82, 2.24) is 20.2 Å². The van der Waals surface area contributed by atoms with Crippen molar-refractivity contribution in [3.63, 3.8) is 0 Å². The van der Waals surface area contributed by atoms with E-state index in [1.165, 1.54) is 12.3 Å². The van der Waals surface area contributed by atoms with Crippen molar-refractivity contribution in [2.24, 2.45) is 0 Å². The van der Waals surface area contributed by atoms with Crippen molar-refractivity contribution in [1.29, 1.82) is 0 Å². The second-order valence-corrected chi connectivity index (χ2v) is 6.92. The van der Waals surface area contributed by atoms with Gasteiger partial charge in [0.2, 0.25) is 0 Å². The quantitative estimate of drug-likeness (QED) is 0.506. The van der Waals surface area contributed by atoms with Crippen LogP contribution in [0.25, 0.3) is 33.1 Å². The molecule has 2 atom stereocenters.